The van der Waals surface area contributed by atoms with Crippen molar-refractivity contribution in [1.29, 1.82) is 0 Å². The molecule has 0 aromatic rings. The van der Waals surface area contributed by atoms with E-state index in [9.17, 15) is 4.79 Å². The molecule has 0 unspecified atom stereocenters. The van der Waals surface area contributed by atoms with Gasteiger partial charge in [-0.3, -0.25) is 4.21 Å². The van der Waals surface area contributed by atoms with Gasteiger partial charge in [-0.2, -0.15) is 0 Å². The van der Waals surface area contributed by atoms with Crippen LogP contribution in [0.4, 0.5) is 0 Å². The van der Waals surface area contributed by atoms with Crippen molar-refractivity contribution < 1.29 is 82.0 Å². The molecule has 0 saturated heterocycles. The second kappa shape index (κ2) is 29.4. The maximum atomic E-state index is 9.44. The van der Waals surface area contributed by atoms with Gasteiger partial charge >= 0.3 is 59.1 Å². The van der Waals surface area contributed by atoms with E-state index in [2.05, 4.69) is 0 Å². The summed E-state index contributed by atoms with van der Waals surface area (Å²) < 4.78 is 25.3. The van der Waals surface area contributed by atoms with Gasteiger partial charge in [0, 0.05) is 0 Å². The fourth-order valence-electron chi connectivity index (χ4n) is 0. The molecule has 62 valence electrons. The van der Waals surface area contributed by atoms with Gasteiger partial charge in [0.25, 0.3) is 0 Å². The van der Waals surface area contributed by atoms with Crippen LogP contribution in [0.25, 0.3) is 0 Å². The second-order valence-corrected chi connectivity index (χ2v) is 1.52. The number of rotatable bonds is 0. The Labute approximate surface area is 118 Å². The summed E-state index contributed by atoms with van der Waals surface area (Å²) in [6.07, 6.45) is 0. The zero-order chi connectivity index (χ0) is 9.15. The summed E-state index contributed by atoms with van der Waals surface area (Å²) in [5.74, 6) is 0.167. The van der Waals surface area contributed by atoms with Crippen LogP contribution < -0.4 is 59.1 Å². The van der Waals surface area contributed by atoms with E-state index in [0.717, 1.165) is 0 Å². The van der Waals surface area contributed by atoms with Gasteiger partial charge in [-0.25, -0.2) is 0 Å². The fourth-order valence-corrected chi connectivity index (χ4v) is 0. The Balaban J connectivity index is -0.0000000198. The minimum absolute atomic E-state index is 0. The van der Waals surface area contributed by atoms with E-state index >= 15 is 0 Å². The molecule has 0 aromatic carbocycles. The number of ketones is 1. The summed E-state index contributed by atoms with van der Waals surface area (Å²) in [6.45, 7) is 5.06. The van der Waals surface area contributed by atoms with E-state index in [0.29, 0.717) is 0 Å². The van der Waals surface area contributed by atoms with Crippen molar-refractivity contribution in [3.05, 3.63) is 0 Å². The summed E-state index contributed by atoms with van der Waals surface area (Å²) in [6, 6.07) is 0. The third-order valence-corrected chi connectivity index (χ3v) is 0. The first-order chi connectivity index (χ1) is 4.46. The molecule has 0 aliphatic rings. The summed E-state index contributed by atoms with van der Waals surface area (Å²) in [5.41, 5.74) is 0. The van der Waals surface area contributed by atoms with E-state index in [1.54, 1.807) is 0 Å². The minimum Gasteiger partial charge on any atom is -0.784 e. The molecule has 0 atom stereocenters. The Hall–Kier alpha value is 1.41. The summed E-state index contributed by atoms with van der Waals surface area (Å²) in [4.78, 5) is 17.4. The third kappa shape index (κ3) is 622. The molecule has 0 N–H and O–H groups in total. The predicted octanol–water partition coefficient (Wildman–Crippen LogP) is -6.59. The Morgan fingerprint density at radius 1 is 1.17 bits per heavy atom. The van der Waals surface area contributed by atoms with E-state index in [-0.39, 0.29) is 64.9 Å². The van der Waals surface area contributed by atoms with E-state index < -0.39 is 11.4 Å². The average Bonchev–Trinajstić information content (AvgIpc) is 1.66. The molecule has 0 amide bonds. The van der Waals surface area contributed by atoms with Crippen molar-refractivity contribution in [3.8, 4) is 0 Å². The summed E-state index contributed by atoms with van der Waals surface area (Å²) >= 11 is -3.11. The van der Waals surface area contributed by atoms with Crippen molar-refractivity contribution in [2.45, 2.75) is 13.8 Å². The largest absolute Gasteiger partial charge is 1.00 e. The first-order valence-electron chi connectivity index (χ1n) is 1.99. The van der Waals surface area contributed by atoms with Crippen LogP contribution in [-0.4, -0.2) is 25.9 Å². The van der Waals surface area contributed by atoms with Crippen LogP contribution in [0.2, 0.25) is 0 Å². The van der Waals surface area contributed by atoms with E-state index in [4.69, 9.17) is 18.1 Å². The molecule has 0 aliphatic carbocycles. The Kier molecular flexibility index (Phi) is 71.6. The standard InChI is InChI=1S/C3H6O.CH2O.2Na.H2O3S/c1-3(2)4;1-2;;;1-4(2)3/h1-2H3;1H2;;;(H2,1,2,3)/q;;2*+1;/p-2. The van der Waals surface area contributed by atoms with Crippen LogP contribution in [0.5, 0.6) is 0 Å². The normalized spacial score (nSPS) is 5.42. The van der Waals surface area contributed by atoms with Crippen LogP contribution in [0.3, 0.4) is 0 Å². The third-order valence-electron chi connectivity index (χ3n) is 0. The van der Waals surface area contributed by atoms with E-state index in [1.807, 2.05) is 6.79 Å². The molecular weight excluding hydrogens is 206 g/mol. The van der Waals surface area contributed by atoms with Gasteiger partial charge in [-0.05, 0) is 13.8 Å². The average molecular weight is 214 g/mol. The molecule has 0 spiro atoms. The van der Waals surface area contributed by atoms with Gasteiger partial charge in [0.1, 0.15) is 12.6 Å². The molecule has 0 rings (SSSR count). The molecule has 0 aliphatic heterocycles. The van der Waals surface area contributed by atoms with Crippen LogP contribution in [0, 0.1) is 0 Å². The van der Waals surface area contributed by atoms with Gasteiger partial charge < -0.3 is 18.7 Å². The molecule has 0 bridgehead atoms. The van der Waals surface area contributed by atoms with Gasteiger partial charge in [0.15, 0.2) is 0 Å². The number of carbonyl (C=O) groups is 2. The van der Waals surface area contributed by atoms with E-state index in [1.165, 1.54) is 13.8 Å². The zero-order valence-corrected chi connectivity index (χ0v) is 12.5. The number of carbonyl (C=O) groups excluding carboxylic acids is 2. The van der Waals surface area contributed by atoms with Gasteiger partial charge in [0.2, 0.25) is 0 Å². The van der Waals surface area contributed by atoms with Crippen LogP contribution >= 0.6 is 0 Å². The molecule has 5 nitrogen and oxygen atoms in total. The number of hydrogen-bond donors (Lipinski definition) is 0. The maximum Gasteiger partial charge on any atom is 1.00 e. The summed E-state index contributed by atoms with van der Waals surface area (Å²) in [7, 11) is 0. The van der Waals surface area contributed by atoms with Crippen molar-refractivity contribution in [2.75, 3.05) is 0 Å². The number of Topliss-reactive ketones (excluding diaryl/α,β-unsaturated/α-hetero) is 1. The topological polar surface area (TPSA) is 97.3 Å². The molecule has 0 aromatic heterocycles. The van der Waals surface area contributed by atoms with Gasteiger partial charge in [-0.1, -0.05) is 0 Å². The molecule has 8 heteroatoms. The smallest absolute Gasteiger partial charge is 0.784 e. The molecule has 0 saturated carbocycles. The van der Waals surface area contributed by atoms with Crippen molar-refractivity contribution in [1.82, 2.24) is 0 Å². The van der Waals surface area contributed by atoms with Crippen LogP contribution in [-0.2, 0) is 21.0 Å². The second-order valence-electron chi connectivity index (χ2n) is 1.11. The van der Waals surface area contributed by atoms with Crippen molar-refractivity contribution in [2.24, 2.45) is 0 Å². The molecule has 0 radical (unpaired) electrons. The first-order valence-corrected chi connectivity index (χ1v) is 2.99. The molecule has 12 heavy (non-hydrogen) atoms. The Morgan fingerprint density at radius 3 is 1.17 bits per heavy atom. The van der Waals surface area contributed by atoms with Gasteiger partial charge in [0.05, 0.1) is 0 Å². The predicted molar refractivity (Wildman–Crippen MR) is 33.2 cm³/mol. The summed E-state index contributed by atoms with van der Waals surface area (Å²) in [5, 5.41) is 0. The zero-order valence-electron chi connectivity index (χ0n) is 7.66. The minimum atomic E-state index is -3.11. The van der Waals surface area contributed by atoms with Crippen LogP contribution in [0.1, 0.15) is 13.8 Å². The molecule has 0 fully saturated rings. The Morgan fingerprint density at radius 2 is 1.17 bits per heavy atom. The fraction of sp³-hybridized carbons (Fsp3) is 0.500. The monoisotopic (exact) mass is 214 g/mol. The Bertz CT molecular complexity index is 89.6. The maximum absolute atomic E-state index is 9.44. The molecule has 0 heterocycles. The quantitative estimate of drug-likeness (QED) is 0.295. The molecular formula is C4H8Na2O5S. The van der Waals surface area contributed by atoms with Gasteiger partial charge in [-0.15, -0.1) is 11.4 Å². The number of hydrogen-bond acceptors (Lipinski definition) is 5. The van der Waals surface area contributed by atoms with Crippen molar-refractivity contribution in [3.63, 3.8) is 0 Å². The SMILES string of the molecule is C=O.CC(C)=O.O=S([O-])[O-].[Na+].[Na+]. The van der Waals surface area contributed by atoms with Crippen LogP contribution in [0.15, 0.2) is 0 Å². The van der Waals surface area contributed by atoms with Crippen molar-refractivity contribution >= 4 is 23.9 Å². The first kappa shape index (κ1) is 29.2.